The summed E-state index contributed by atoms with van der Waals surface area (Å²) in [5.41, 5.74) is 4.40. The van der Waals surface area contributed by atoms with Gasteiger partial charge in [-0.05, 0) is 68.9 Å². The predicted octanol–water partition coefficient (Wildman–Crippen LogP) is 4.63. The van der Waals surface area contributed by atoms with E-state index in [0.29, 0.717) is 12.1 Å². The summed E-state index contributed by atoms with van der Waals surface area (Å²) >= 11 is 0. The number of nitrogens with one attached hydrogen (secondary N) is 1. The molecule has 0 unspecified atom stereocenters. The summed E-state index contributed by atoms with van der Waals surface area (Å²) in [5.74, 6) is -0.582. The van der Waals surface area contributed by atoms with Crippen molar-refractivity contribution in [1.82, 2.24) is 10.2 Å². The first kappa shape index (κ1) is 28.7. The molecule has 0 bridgehead atoms. The van der Waals surface area contributed by atoms with Crippen LogP contribution in [0.15, 0.2) is 42.5 Å². The highest BCUT2D eigenvalue weighted by Crippen LogP contribution is 2.23. The van der Waals surface area contributed by atoms with Crippen molar-refractivity contribution in [1.29, 1.82) is 0 Å². The Morgan fingerprint density at radius 3 is 2.19 bits per heavy atom. The summed E-state index contributed by atoms with van der Waals surface area (Å²) in [6.45, 7) is 7.59. The summed E-state index contributed by atoms with van der Waals surface area (Å²) < 4.78 is 26.7. The fraction of sp³-hybridized carbons (Fsp3) is 0.517. The van der Waals surface area contributed by atoms with Crippen molar-refractivity contribution in [3.05, 3.63) is 64.7 Å². The van der Waals surface area contributed by atoms with Crippen molar-refractivity contribution in [3.8, 4) is 0 Å². The molecule has 0 radical (unpaired) electrons. The number of sulfonamides is 1. The van der Waals surface area contributed by atoms with E-state index in [-0.39, 0.29) is 25.0 Å². The minimum absolute atomic E-state index is 0.120. The highest BCUT2D eigenvalue weighted by atomic mass is 32.2. The van der Waals surface area contributed by atoms with E-state index in [1.54, 1.807) is 17.0 Å². The van der Waals surface area contributed by atoms with E-state index < -0.39 is 22.0 Å². The Labute approximate surface area is 222 Å². The summed E-state index contributed by atoms with van der Waals surface area (Å²) in [7, 11) is -3.74. The zero-order valence-electron chi connectivity index (χ0n) is 22.8. The molecule has 0 saturated heterocycles. The van der Waals surface area contributed by atoms with Crippen LogP contribution in [0.4, 0.5) is 5.69 Å². The average molecular weight is 528 g/mol. The number of carbonyl (C=O) groups is 2. The minimum Gasteiger partial charge on any atom is -0.352 e. The zero-order valence-corrected chi connectivity index (χ0v) is 23.6. The molecule has 8 heteroatoms. The second-order valence-electron chi connectivity index (χ2n) is 10.3. The standard InChI is InChI=1S/C29H41N3O4S/c1-6-27(29(34)30-25-10-8-7-9-11-25)31(19-24-15-12-21(2)13-16-24)28(33)20-32(37(5,35)36)26-17-14-22(3)23(4)18-26/h12-18,25,27H,6-11,19-20H2,1-5H3,(H,30,34)/t27-/m1/s1. The molecule has 3 rings (SSSR count). The summed E-state index contributed by atoms with van der Waals surface area (Å²) in [5, 5.41) is 3.16. The van der Waals surface area contributed by atoms with Crippen LogP contribution >= 0.6 is 0 Å². The third kappa shape index (κ3) is 7.81. The normalized spacial score (nSPS) is 15.2. The molecular formula is C29H41N3O4S. The van der Waals surface area contributed by atoms with E-state index in [1.807, 2.05) is 58.0 Å². The SMILES string of the molecule is CC[C@H](C(=O)NC1CCCCC1)N(Cc1ccc(C)cc1)C(=O)CN(c1ccc(C)c(C)c1)S(C)(=O)=O. The van der Waals surface area contributed by atoms with Crippen LogP contribution < -0.4 is 9.62 Å². The number of amides is 2. The second-order valence-corrected chi connectivity index (χ2v) is 12.2. The molecule has 2 amide bonds. The fourth-order valence-electron chi connectivity index (χ4n) is 4.85. The fourth-order valence-corrected chi connectivity index (χ4v) is 5.69. The number of rotatable bonds is 10. The molecule has 1 aliphatic rings. The molecular weight excluding hydrogens is 486 g/mol. The number of aryl methyl sites for hydroxylation is 3. The Morgan fingerprint density at radius 1 is 0.973 bits per heavy atom. The summed E-state index contributed by atoms with van der Waals surface area (Å²) in [6.07, 6.45) is 6.79. The topological polar surface area (TPSA) is 86.8 Å². The number of anilines is 1. The monoisotopic (exact) mass is 527 g/mol. The van der Waals surface area contributed by atoms with Crippen molar-refractivity contribution >= 4 is 27.5 Å². The van der Waals surface area contributed by atoms with Crippen molar-refractivity contribution in [2.24, 2.45) is 0 Å². The van der Waals surface area contributed by atoms with Gasteiger partial charge in [0.15, 0.2) is 0 Å². The van der Waals surface area contributed by atoms with E-state index in [0.717, 1.165) is 58.5 Å². The number of hydrogen-bond acceptors (Lipinski definition) is 4. The maximum atomic E-state index is 13.8. The van der Waals surface area contributed by atoms with Gasteiger partial charge in [0, 0.05) is 12.6 Å². The molecule has 7 nitrogen and oxygen atoms in total. The van der Waals surface area contributed by atoms with Crippen LogP contribution in [0.1, 0.15) is 67.7 Å². The van der Waals surface area contributed by atoms with Crippen LogP contribution in [0, 0.1) is 20.8 Å². The Morgan fingerprint density at radius 2 is 1.62 bits per heavy atom. The molecule has 0 heterocycles. The quantitative estimate of drug-likeness (QED) is 0.488. The van der Waals surface area contributed by atoms with Gasteiger partial charge in [-0.2, -0.15) is 0 Å². The smallest absolute Gasteiger partial charge is 0.244 e. The molecule has 202 valence electrons. The molecule has 1 fully saturated rings. The zero-order chi connectivity index (χ0) is 27.2. The van der Waals surface area contributed by atoms with Gasteiger partial charge in [0.05, 0.1) is 11.9 Å². The molecule has 1 N–H and O–H groups in total. The van der Waals surface area contributed by atoms with Crippen LogP contribution in [0.5, 0.6) is 0 Å². The lowest BCUT2D eigenvalue weighted by Gasteiger charge is -2.34. The molecule has 0 aromatic heterocycles. The van der Waals surface area contributed by atoms with Crippen LogP contribution in [0.25, 0.3) is 0 Å². The van der Waals surface area contributed by atoms with Gasteiger partial charge >= 0.3 is 0 Å². The first-order chi connectivity index (χ1) is 17.5. The number of nitrogens with zero attached hydrogens (tertiary/aromatic N) is 2. The lowest BCUT2D eigenvalue weighted by atomic mass is 9.95. The van der Waals surface area contributed by atoms with E-state index in [4.69, 9.17) is 0 Å². The summed E-state index contributed by atoms with van der Waals surface area (Å²) in [4.78, 5) is 28.8. The second kappa shape index (κ2) is 12.6. The van der Waals surface area contributed by atoms with Crippen LogP contribution in [0.2, 0.25) is 0 Å². The van der Waals surface area contributed by atoms with Crippen molar-refractivity contribution in [3.63, 3.8) is 0 Å². The molecule has 37 heavy (non-hydrogen) atoms. The van der Waals surface area contributed by atoms with Crippen molar-refractivity contribution < 1.29 is 18.0 Å². The van der Waals surface area contributed by atoms with Crippen LogP contribution in [-0.4, -0.2) is 50.0 Å². The Kier molecular flexibility index (Phi) is 9.76. The molecule has 2 aromatic rings. The van der Waals surface area contributed by atoms with Gasteiger partial charge in [0.1, 0.15) is 12.6 Å². The van der Waals surface area contributed by atoms with Crippen LogP contribution in [-0.2, 0) is 26.2 Å². The average Bonchev–Trinajstić information content (AvgIpc) is 2.85. The first-order valence-electron chi connectivity index (χ1n) is 13.2. The Balaban J connectivity index is 1.92. The molecule has 1 atom stereocenters. The molecule has 1 saturated carbocycles. The van der Waals surface area contributed by atoms with Gasteiger partial charge in [-0.15, -0.1) is 0 Å². The van der Waals surface area contributed by atoms with Gasteiger partial charge in [0.25, 0.3) is 0 Å². The Bertz CT molecular complexity index is 1190. The van der Waals surface area contributed by atoms with E-state index >= 15 is 0 Å². The van der Waals surface area contributed by atoms with Gasteiger partial charge in [-0.25, -0.2) is 8.42 Å². The molecule has 1 aliphatic carbocycles. The Hall–Kier alpha value is -2.87. The van der Waals surface area contributed by atoms with E-state index in [9.17, 15) is 18.0 Å². The molecule has 0 aliphatic heterocycles. The number of benzene rings is 2. The van der Waals surface area contributed by atoms with E-state index in [1.165, 1.54) is 6.42 Å². The highest BCUT2D eigenvalue weighted by Gasteiger charge is 2.32. The van der Waals surface area contributed by atoms with Crippen molar-refractivity contribution in [2.75, 3.05) is 17.1 Å². The lowest BCUT2D eigenvalue weighted by Crippen LogP contribution is -2.53. The molecule has 2 aromatic carbocycles. The van der Waals surface area contributed by atoms with Crippen LogP contribution in [0.3, 0.4) is 0 Å². The minimum atomic E-state index is -3.74. The number of carbonyl (C=O) groups excluding carboxylic acids is 2. The largest absolute Gasteiger partial charge is 0.352 e. The van der Waals surface area contributed by atoms with Crippen molar-refractivity contribution in [2.45, 2.75) is 84.8 Å². The third-order valence-corrected chi connectivity index (χ3v) is 8.41. The molecule has 0 spiro atoms. The highest BCUT2D eigenvalue weighted by molar-refractivity contribution is 7.92. The maximum Gasteiger partial charge on any atom is 0.244 e. The van der Waals surface area contributed by atoms with Gasteiger partial charge in [0.2, 0.25) is 21.8 Å². The summed E-state index contributed by atoms with van der Waals surface area (Å²) in [6, 6.07) is 12.6. The lowest BCUT2D eigenvalue weighted by molar-refractivity contribution is -0.140. The maximum absolute atomic E-state index is 13.8. The third-order valence-electron chi connectivity index (χ3n) is 7.27. The van der Waals surface area contributed by atoms with Gasteiger partial charge < -0.3 is 10.2 Å². The predicted molar refractivity (Wildman–Crippen MR) is 149 cm³/mol. The van der Waals surface area contributed by atoms with E-state index in [2.05, 4.69) is 5.32 Å². The number of hydrogen-bond donors (Lipinski definition) is 1. The van der Waals surface area contributed by atoms with Gasteiger partial charge in [-0.1, -0.05) is 62.1 Å². The van der Waals surface area contributed by atoms with Gasteiger partial charge in [-0.3, -0.25) is 13.9 Å². The first-order valence-corrected chi connectivity index (χ1v) is 15.0.